The third kappa shape index (κ3) is 2.13. The van der Waals surface area contributed by atoms with E-state index in [4.69, 9.17) is 0 Å². The SMILES string of the molecule is O=C(O)C(NC(=O)C1CC12CCCc1ccccc12)C1CC1. The van der Waals surface area contributed by atoms with E-state index in [0.29, 0.717) is 0 Å². The normalized spacial score (nSPS) is 30.5. The van der Waals surface area contributed by atoms with Crippen LogP contribution >= 0.6 is 0 Å². The molecule has 1 aromatic carbocycles. The van der Waals surface area contributed by atoms with Crippen LogP contribution in [0.1, 0.15) is 43.2 Å². The summed E-state index contributed by atoms with van der Waals surface area (Å²) in [5, 5.41) is 12.1. The Balaban J connectivity index is 1.52. The Morgan fingerprint density at radius 3 is 2.77 bits per heavy atom. The monoisotopic (exact) mass is 299 g/mol. The third-order valence-corrected chi connectivity index (χ3v) is 5.67. The molecule has 2 N–H and O–H groups in total. The van der Waals surface area contributed by atoms with Crippen molar-refractivity contribution in [3.63, 3.8) is 0 Å². The number of benzene rings is 1. The quantitative estimate of drug-likeness (QED) is 0.896. The predicted molar refractivity (Wildman–Crippen MR) is 81.5 cm³/mol. The van der Waals surface area contributed by atoms with Crippen LogP contribution in [0.4, 0.5) is 0 Å². The molecule has 0 aliphatic heterocycles. The van der Waals surface area contributed by atoms with Gasteiger partial charge in [0.15, 0.2) is 0 Å². The smallest absolute Gasteiger partial charge is 0.326 e. The Labute approximate surface area is 129 Å². The molecule has 116 valence electrons. The van der Waals surface area contributed by atoms with Gasteiger partial charge in [-0.05, 0) is 55.6 Å². The highest BCUT2D eigenvalue weighted by atomic mass is 16.4. The van der Waals surface area contributed by atoms with E-state index in [1.165, 1.54) is 11.1 Å². The molecule has 3 aliphatic carbocycles. The molecule has 4 rings (SSSR count). The number of amides is 1. The lowest BCUT2D eigenvalue weighted by Crippen LogP contribution is -2.44. The van der Waals surface area contributed by atoms with Crippen LogP contribution in [0.2, 0.25) is 0 Å². The molecule has 3 unspecified atom stereocenters. The number of nitrogens with one attached hydrogen (secondary N) is 1. The van der Waals surface area contributed by atoms with Crippen molar-refractivity contribution >= 4 is 11.9 Å². The van der Waals surface area contributed by atoms with E-state index in [1.807, 2.05) is 6.07 Å². The average molecular weight is 299 g/mol. The van der Waals surface area contributed by atoms with Crippen LogP contribution in [0.3, 0.4) is 0 Å². The third-order valence-electron chi connectivity index (χ3n) is 5.67. The summed E-state index contributed by atoms with van der Waals surface area (Å²) in [6.45, 7) is 0. The molecule has 3 aliphatic rings. The van der Waals surface area contributed by atoms with Gasteiger partial charge in [0.25, 0.3) is 0 Å². The van der Waals surface area contributed by atoms with Gasteiger partial charge in [-0.25, -0.2) is 4.79 Å². The minimum Gasteiger partial charge on any atom is -0.480 e. The van der Waals surface area contributed by atoms with Gasteiger partial charge in [0, 0.05) is 11.3 Å². The summed E-state index contributed by atoms with van der Waals surface area (Å²) in [5.74, 6) is -0.866. The Hall–Kier alpha value is -1.84. The molecular weight excluding hydrogens is 278 g/mol. The highest BCUT2D eigenvalue weighted by molar-refractivity contribution is 5.89. The van der Waals surface area contributed by atoms with Gasteiger partial charge in [0.2, 0.25) is 5.91 Å². The van der Waals surface area contributed by atoms with E-state index in [2.05, 4.69) is 23.5 Å². The van der Waals surface area contributed by atoms with Crippen molar-refractivity contribution < 1.29 is 14.7 Å². The van der Waals surface area contributed by atoms with Crippen LogP contribution in [0.15, 0.2) is 24.3 Å². The van der Waals surface area contributed by atoms with Crippen molar-refractivity contribution in [2.45, 2.75) is 50.0 Å². The van der Waals surface area contributed by atoms with E-state index in [-0.39, 0.29) is 23.2 Å². The number of hydrogen-bond donors (Lipinski definition) is 2. The van der Waals surface area contributed by atoms with Gasteiger partial charge in [0.05, 0.1) is 0 Å². The molecule has 0 heterocycles. The summed E-state index contributed by atoms with van der Waals surface area (Å²) >= 11 is 0. The van der Waals surface area contributed by atoms with Gasteiger partial charge < -0.3 is 10.4 Å². The molecule has 4 nitrogen and oxygen atoms in total. The zero-order valence-corrected chi connectivity index (χ0v) is 12.5. The van der Waals surface area contributed by atoms with Gasteiger partial charge in [-0.2, -0.15) is 0 Å². The second kappa shape index (κ2) is 4.83. The summed E-state index contributed by atoms with van der Waals surface area (Å²) in [4.78, 5) is 23.9. The Bertz CT molecular complexity index is 637. The molecule has 22 heavy (non-hydrogen) atoms. The number of carbonyl (C=O) groups excluding carboxylic acids is 1. The Morgan fingerprint density at radius 2 is 2.05 bits per heavy atom. The number of aliphatic carboxylic acids is 1. The topological polar surface area (TPSA) is 66.4 Å². The van der Waals surface area contributed by atoms with Crippen molar-refractivity contribution in [3.05, 3.63) is 35.4 Å². The van der Waals surface area contributed by atoms with Crippen LogP contribution in [0.5, 0.6) is 0 Å². The lowest BCUT2D eigenvalue weighted by molar-refractivity contribution is -0.142. The Kier molecular flexibility index (Phi) is 3.03. The van der Waals surface area contributed by atoms with Gasteiger partial charge in [0.1, 0.15) is 6.04 Å². The summed E-state index contributed by atoms with van der Waals surface area (Å²) in [7, 11) is 0. The first-order valence-electron chi connectivity index (χ1n) is 8.23. The minimum atomic E-state index is -0.894. The van der Waals surface area contributed by atoms with Gasteiger partial charge in [-0.1, -0.05) is 24.3 Å². The number of fused-ring (bicyclic) bond motifs is 2. The number of carbonyl (C=O) groups is 2. The largest absolute Gasteiger partial charge is 0.480 e. The molecule has 4 heteroatoms. The van der Waals surface area contributed by atoms with Crippen LogP contribution in [0, 0.1) is 11.8 Å². The maximum absolute atomic E-state index is 12.6. The van der Waals surface area contributed by atoms with Crippen molar-refractivity contribution in [2.75, 3.05) is 0 Å². The van der Waals surface area contributed by atoms with E-state index < -0.39 is 12.0 Å². The number of rotatable bonds is 4. The predicted octanol–water partition coefficient (Wildman–Crippen LogP) is 2.26. The van der Waals surface area contributed by atoms with E-state index in [9.17, 15) is 14.7 Å². The molecule has 1 amide bonds. The van der Waals surface area contributed by atoms with Crippen LogP contribution in [-0.2, 0) is 21.4 Å². The zero-order chi connectivity index (χ0) is 15.3. The summed E-state index contributed by atoms with van der Waals surface area (Å²) in [6.07, 6.45) is 5.94. The second-order valence-electron chi connectivity index (χ2n) is 7.09. The standard InChI is InChI=1S/C18H21NO3/c20-16(19-15(17(21)22)12-7-8-12)14-10-18(14)9-3-5-11-4-1-2-6-13(11)18/h1-2,4,6,12,14-15H,3,5,7-10H2,(H,19,20)(H,21,22). The molecule has 2 fully saturated rings. The first kappa shape index (κ1) is 13.8. The first-order valence-corrected chi connectivity index (χ1v) is 8.23. The van der Waals surface area contributed by atoms with Gasteiger partial charge >= 0.3 is 5.97 Å². The fraction of sp³-hybridized carbons (Fsp3) is 0.556. The summed E-state index contributed by atoms with van der Waals surface area (Å²) in [5.41, 5.74) is 2.66. The number of hydrogen-bond acceptors (Lipinski definition) is 2. The maximum Gasteiger partial charge on any atom is 0.326 e. The van der Waals surface area contributed by atoms with Gasteiger partial charge in [-0.3, -0.25) is 4.79 Å². The highest BCUT2D eigenvalue weighted by Gasteiger charge is 2.60. The molecule has 1 spiro atoms. The molecule has 0 saturated heterocycles. The molecule has 3 atom stereocenters. The highest BCUT2D eigenvalue weighted by Crippen LogP contribution is 2.60. The van der Waals surface area contributed by atoms with E-state index in [0.717, 1.165) is 38.5 Å². The summed E-state index contributed by atoms with van der Waals surface area (Å²) < 4.78 is 0. The molecule has 0 radical (unpaired) electrons. The molecular formula is C18H21NO3. The lowest BCUT2D eigenvalue weighted by atomic mass is 9.78. The Morgan fingerprint density at radius 1 is 1.27 bits per heavy atom. The molecule has 1 aromatic rings. The number of carboxylic acids is 1. The first-order chi connectivity index (χ1) is 10.6. The second-order valence-corrected chi connectivity index (χ2v) is 7.09. The van der Waals surface area contributed by atoms with Crippen LogP contribution < -0.4 is 5.32 Å². The summed E-state index contributed by atoms with van der Waals surface area (Å²) in [6, 6.07) is 7.72. The van der Waals surface area contributed by atoms with Crippen molar-refractivity contribution in [1.82, 2.24) is 5.32 Å². The number of carboxylic acid groups (broad SMARTS) is 1. The molecule has 0 bridgehead atoms. The fourth-order valence-corrected chi connectivity index (χ4v) is 4.24. The van der Waals surface area contributed by atoms with Crippen LogP contribution in [0.25, 0.3) is 0 Å². The average Bonchev–Trinajstić information content (AvgIpc) is 3.40. The number of aryl methyl sites for hydroxylation is 1. The maximum atomic E-state index is 12.6. The molecule has 0 aromatic heterocycles. The van der Waals surface area contributed by atoms with Crippen LogP contribution in [-0.4, -0.2) is 23.0 Å². The van der Waals surface area contributed by atoms with E-state index >= 15 is 0 Å². The van der Waals surface area contributed by atoms with Crippen molar-refractivity contribution in [3.8, 4) is 0 Å². The zero-order valence-electron chi connectivity index (χ0n) is 12.5. The molecule has 2 saturated carbocycles. The fourth-order valence-electron chi connectivity index (χ4n) is 4.24. The lowest BCUT2D eigenvalue weighted by Gasteiger charge is -2.26. The van der Waals surface area contributed by atoms with Crippen molar-refractivity contribution in [2.24, 2.45) is 11.8 Å². The van der Waals surface area contributed by atoms with Gasteiger partial charge in [-0.15, -0.1) is 0 Å². The van der Waals surface area contributed by atoms with Crippen molar-refractivity contribution in [1.29, 1.82) is 0 Å². The minimum absolute atomic E-state index is 0.0223. The van der Waals surface area contributed by atoms with E-state index in [1.54, 1.807) is 0 Å².